The van der Waals surface area contributed by atoms with Gasteiger partial charge in [-0.1, -0.05) is 53.0 Å². The van der Waals surface area contributed by atoms with E-state index >= 15 is 0 Å². The molecule has 0 aliphatic carbocycles. The number of aryl methyl sites for hydroxylation is 3. The van der Waals surface area contributed by atoms with Crippen LogP contribution in [0.1, 0.15) is 22.3 Å². The van der Waals surface area contributed by atoms with Gasteiger partial charge in [-0.05, 0) is 38.0 Å². The van der Waals surface area contributed by atoms with Crippen LogP contribution in [0.15, 0.2) is 35.4 Å². The molecular weight excluding hydrogens is 345 g/mol. The van der Waals surface area contributed by atoms with Crippen LogP contribution < -0.4 is 10.7 Å². The number of carbonyl (C=O) groups is 1. The maximum atomic E-state index is 11.9. The van der Waals surface area contributed by atoms with E-state index in [2.05, 4.69) is 28.0 Å². The van der Waals surface area contributed by atoms with Gasteiger partial charge in [0.2, 0.25) is 0 Å². The molecule has 0 atom stereocenters. The molecule has 0 spiro atoms. The summed E-state index contributed by atoms with van der Waals surface area (Å²) in [5.41, 5.74) is 7.49. The first-order valence-corrected chi connectivity index (χ1v) is 8.21. The summed E-state index contributed by atoms with van der Waals surface area (Å²) in [5, 5.41) is 7.90. The SMILES string of the molecule is Cc1cc(C)c(NCC(=O)N/N=C\c2cccc(Cl)c2Cl)c(C)c1. The Hall–Kier alpha value is -2.04. The predicted molar refractivity (Wildman–Crippen MR) is 101 cm³/mol. The molecule has 2 N–H and O–H groups in total. The smallest absolute Gasteiger partial charge is 0.259 e. The Kier molecular flexibility index (Phi) is 6.23. The Morgan fingerprint density at radius 2 is 1.83 bits per heavy atom. The Balaban J connectivity index is 1.92. The minimum atomic E-state index is -0.247. The Morgan fingerprint density at radius 3 is 2.50 bits per heavy atom. The average Bonchev–Trinajstić information content (AvgIpc) is 2.50. The molecule has 2 rings (SSSR count). The standard InChI is InChI=1S/C18H19Cl2N3O/c1-11-7-12(2)18(13(3)8-11)21-10-16(24)23-22-9-14-5-4-6-15(19)17(14)20/h4-9,21H,10H2,1-3H3,(H,23,24)/b22-9-. The largest absolute Gasteiger partial charge is 0.376 e. The van der Waals surface area contributed by atoms with Gasteiger partial charge in [-0.2, -0.15) is 5.10 Å². The second kappa shape index (κ2) is 8.18. The third-order valence-corrected chi connectivity index (χ3v) is 4.31. The van der Waals surface area contributed by atoms with E-state index in [0.717, 1.165) is 16.8 Å². The number of anilines is 1. The summed E-state index contributed by atoms with van der Waals surface area (Å²) in [5.74, 6) is -0.247. The lowest BCUT2D eigenvalue weighted by Gasteiger charge is -2.13. The first-order valence-electron chi connectivity index (χ1n) is 7.46. The summed E-state index contributed by atoms with van der Waals surface area (Å²) in [6.07, 6.45) is 1.47. The van der Waals surface area contributed by atoms with E-state index in [1.165, 1.54) is 11.8 Å². The normalized spacial score (nSPS) is 10.9. The molecule has 0 saturated heterocycles. The van der Waals surface area contributed by atoms with Crippen molar-refractivity contribution in [3.63, 3.8) is 0 Å². The number of halogens is 2. The molecule has 0 unspecified atom stereocenters. The molecule has 4 nitrogen and oxygen atoms in total. The average molecular weight is 364 g/mol. The summed E-state index contributed by atoms with van der Waals surface area (Å²) in [4.78, 5) is 11.9. The lowest BCUT2D eigenvalue weighted by atomic mass is 10.1. The van der Waals surface area contributed by atoms with Gasteiger partial charge in [-0.15, -0.1) is 0 Å². The molecule has 0 radical (unpaired) electrons. The molecule has 0 aliphatic heterocycles. The highest BCUT2D eigenvalue weighted by Gasteiger charge is 2.06. The zero-order valence-corrected chi connectivity index (χ0v) is 15.3. The van der Waals surface area contributed by atoms with Crippen LogP contribution in [0.4, 0.5) is 5.69 Å². The van der Waals surface area contributed by atoms with E-state index in [-0.39, 0.29) is 12.5 Å². The summed E-state index contributed by atoms with van der Waals surface area (Å²) < 4.78 is 0. The molecule has 0 fully saturated rings. The number of benzene rings is 2. The van der Waals surface area contributed by atoms with Crippen LogP contribution in [0.5, 0.6) is 0 Å². The van der Waals surface area contributed by atoms with Gasteiger partial charge in [0.1, 0.15) is 0 Å². The third kappa shape index (κ3) is 4.73. The fourth-order valence-electron chi connectivity index (χ4n) is 2.46. The van der Waals surface area contributed by atoms with Crippen molar-refractivity contribution < 1.29 is 4.79 Å². The van der Waals surface area contributed by atoms with Gasteiger partial charge in [0, 0.05) is 11.3 Å². The highest BCUT2D eigenvalue weighted by molar-refractivity contribution is 6.43. The van der Waals surface area contributed by atoms with Crippen molar-refractivity contribution in [3.8, 4) is 0 Å². The molecule has 126 valence electrons. The van der Waals surface area contributed by atoms with Crippen molar-refractivity contribution in [2.75, 3.05) is 11.9 Å². The molecule has 24 heavy (non-hydrogen) atoms. The van der Waals surface area contributed by atoms with Crippen LogP contribution in [-0.2, 0) is 4.79 Å². The van der Waals surface area contributed by atoms with E-state index < -0.39 is 0 Å². The van der Waals surface area contributed by atoms with Gasteiger partial charge in [-0.3, -0.25) is 4.79 Å². The molecule has 0 heterocycles. The summed E-state index contributed by atoms with van der Waals surface area (Å²) in [6.45, 7) is 6.20. The topological polar surface area (TPSA) is 53.5 Å². The molecule has 0 saturated carbocycles. The van der Waals surface area contributed by atoms with E-state index in [1.807, 2.05) is 20.8 Å². The highest BCUT2D eigenvalue weighted by atomic mass is 35.5. The summed E-state index contributed by atoms with van der Waals surface area (Å²) in [7, 11) is 0. The second-order valence-corrected chi connectivity index (χ2v) is 6.35. The zero-order valence-electron chi connectivity index (χ0n) is 13.8. The first-order chi connectivity index (χ1) is 11.4. The van der Waals surface area contributed by atoms with Crippen molar-refractivity contribution in [1.29, 1.82) is 0 Å². The first kappa shape index (κ1) is 18.3. The second-order valence-electron chi connectivity index (χ2n) is 5.56. The summed E-state index contributed by atoms with van der Waals surface area (Å²) in [6, 6.07) is 9.37. The number of hydrazone groups is 1. The number of rotatable bonds is 5. The maximum Gasteiger partial charge on any atom is 0.259 e. The highest BCUT2D eigenvalue weighted by Crippen LogP contribution is 2.24. The lowest BCUT2D eigenvalue weighted by Crippen LogP contribution is -2.26. The number of amides is 1. The quantitative estimate of drug-likeness (QED) is 0.607. The van der Waals surface area contributed by atoms with Crippen LogP contribution in [0, 0.1) is 20.8 Å². The molecule has 1 amide bonds. The Bertz CT molecular complexity index is 765. The number of hydrogen-bond donors (Lipinski definition) is 2. The monoisotopic (exact) mass is 363 g/mol. The lowest BCUT2D eigenvalue weighted by molar-refractivity contribution is -0.119. The molecule has 0 aromatic heterocycles. The van der Waals surface area contributed by atoms with E-state index in [4.69, 9.17) is 23.2 Å². The van der Waals surface area contributed by atoms with Crippen LogP contribution in [0.25, 0.3) is 0 Å². The van der Waals surface area contributed by atoms with Gasteiger partial charge in [0.15, 0.2) is 0 Å². The van der Waals surface area contributed by atoms with Gasteiger partial charge in [0.25, 0.3) is 5.91 Å². The molecule has 2 aromatic rings. The minimum absolute atomic E-state index is 0.130. The van der Waals surface area contributed by atoms with Gasteiger partial charge < -0.3 is 5.32 Å². The number of nitrogens with one attached hydrogen (secondary N) is 2. The van der Waals surface area contributed by atoms with Crippen molar-refractivity contribution in [3.05, 3.63) is 62.6 Å². The fraction of sp³-hybridized carbons (Fsp3) is 0.222. The van der Waals surface area contributed by atoms with E-state index in [0.29, 0.717) is 15.6 Å². The van der Waals surface area contributed by atoms with Crippen LogP contribution >= 0.6 is 23.2 Å². The molecule has 2 aromatic carbocycles. The maximum absolute atomic E-state index is 11.9. The molecule has 6 heteroatoms. The minimum Gasteiger partial charge on any atom is -0.376 e. The van der Waals surface area contributed by atoms with Crippen LogP contribution in [0.3, 0.4) is 0 Å². The molecule has 0 bridgehead atoms. The van der Waals surface area contributed by atoms with Gasteiger partial charge >= 0.3 is 0 Å². The van der Waals surface area contributed by atoms with Crippen molar-refractivity contribution in [2.45, 2.75) is 20.8 Å². The van der Waals surface area contributed by atoms with Crippen LogP contribution in [0.2, 0.25) is 10.0 Å². The predicted octanol–water partition coefficient (Wildman–Crippen LogP) is 4.48. The third-order valence-electron chi connectivity index (χ3n) is 3.48. The Labute approximate surface area is 151 Å². The van der Waals surface area contributed by atoms with E-state index in [9.17, 15) is 4.79 Å². The summed E-state index contributed by atoms with van der Waals surface area (Å²) >= 11 is 12.0. The number of carbonyl (C=O) groups excluding carboxylic acids is 1. The van der Waals surface area contributed by atoms with Crippen molar-refractivity contribution >= 4 is 41.0 Å². The van der Waals surface area contributed by atoms with Crippen LogP contribution in [-0.4, -0.2) is 18.7 Å². The Morgan fingerprint density at radius 1 is 1.17 bits per heavy atom. The van der Waals surface area contributed by atoms with E-state index in [1.54, 1.807) is 18.2 Å². The van der Waals surface area contributed by atoms with Crippen molar-refractivity contribution in [2.24, 2.45) is 5.10 Å². The number of nitrogens with zero attached hydrogens (tertiary/aromatic N) is 1. The van der Waals surface area contributed by atoms with Gasteiger partial charge in [0.05, 0.1) is 22.8 Å². The fourth-order valence-corrected chi connectivity index (χ4v) is 2.82. The number of hydrogen-bond acceptors (Lipinski definition) is 3. The van der Waals surface area contributed by atoms with Gasteiger partial charge in [-0.25, -0.2) is 5.43 Å². The van der Waals surface area contributed by atoms with Crippen molar-refractivity contribution in [1.82, 2.24) is 5.43 Å². The molecular formula is C18H19Cl2N3O. The zero-order chi connectivity index (χ0) is 17.7. The molecule has 0 aliphatic rings.